The third kappa shape index (κ3) is 5.06. The van der Waals surface area contributed by atoms with Crippen LogP contribution in [0.4, 0.5) is 5.69 Å². The Labute approximate surface area is 189 Å². The van der Waals surface area contributed by atoms with Gasteiger partial charge in [-0.15, -0.1) is 0 Å². The van der Waals surface area contributed by atoms with Crippen LogP contribution in [0.3, 0.4) is 0 Å². The minimum atomic E-state index is -0.790. The Bertz CT molecular complexity index is 979. The molecule has 0 spiro atoms. The molecule has 30 heavy (non-hydrogen) atoms. The SMILES string of the molecule is CCOC(=O)C(C)NC(=O)C1=NN(c2ccc(Cl)cc2Cl)C(c2ccc(Cl)cc2)C1. The van der Waals surface area contributed by atoms with E-state index < -0.39 is 17.9 Å². The van der Waals surface area contributed by atoms with Gasteiger partial charge in [-0.3, -0.25) is 9.80 Å². The van der Waals surface area contributed by atoms with Gasteiger partial charge in [-0.2, -0.15) is 5.10 Å². The highest BCUT2D eigenvalue weighted by Crippen LogP contribution is 2.39. The first-order valence-electron chi connectivity index (χ1n) is 9.35. The van der Waals surface area contributed by atoms with Crippen molar-refractivity contribution in [3.8, 4) is 0 Å². The van der Waals surface area contributed by atoms with E-state index in [2.05, 4.69) is 10.4 Å². The fourth-order valence-electron chi connectivity index (χ4n) is 3.09. The van der Waals surface area contributed by atoms with E-state index in [-0.39, 0.29) is 18.4 Å². The molecule has 2 aromatic carbocycles. The maximum absolute atomic E-state index is 12.8. The van der Waals surface area contributed by atoms with Crippen LogP contribution in [0.2, 0.25) is 15.1 Å². The van der Waals surface area contributed by atoms with Crippen LogP contribution in [0, 0.1) is 0 Å². The van der Waals surface area contributed by atoms with Crippen LogP contribution in [0.1, 0.15) is 31.9 Å². The summed E-state index contributed by atoms with van der Waals surface area (Å²) in [7, 11) is 0. The van der Waals surface area contributed by atoms with Crippen molar-refractivity contribution in [3.05, 3.63) is 63.1 Å². The van der Waals surface area contributed by atoms with Gasteiger partial charge >= 0.3 is 5.97 Å². The molecule has 0 fully saturated rings. The molecule has 158 valence electrons. The first-order valence-corrected chi connectivity index (χ1v) is 10.5. The molecular weight excluding hydrogens is 449 g/mol. The zero-order chi connectivity index (χ0) is 21.8. The lowest BCUT2D eigenvalue weighted by Gasteiger charge is -2.25. The number of anilines is 1. The van der Waals surface area contributed by atoms with E-state index >= 15 is 0 Å². The third-order valence-electron chi connectivity index (χ3n) is 4.57. The molecule has 0 aliphatic carbocycles. The molecule has 0 aromatic heterocycles. The molecule has 1 N–H and O–H groups in total. The second-order valence-corrected chi connectivity index (χ2v) is 7.99. The van der Waals surface area contributed by atoms with E-state index in [1.54, 1.807) is 49.2 Å². The maximum Gasteiger partial charge on any atom is 0.328 e. The van der Waals surface area contributed by atoms with Crippen LogP contribution in [0.5, 0.6) is 0 Å². The fraction of sp³-hybridized carbons (Fsp3) is 0.286. The number of ether oxygens (including phenoxy) is 1. The Morgan fingerprint density at radius 2 is 1.83 bits per heavy atom. The molecular formula is C21H20Cl3N3O3. The Balaban J connectivity index is 1.90. The summed E-state index contributed by atoms with van der Waals surface area (Å²) in [6.45, 7) is 3.51. The first kappa shape index (κ1) is 22.4. The standard InChI is InChI=1S/C21H20Cl3N3O3/c1-3-30-21(29)12(2)25-20(28)17-11-19(13-4-6-14(22)7-5-13)27(26-17)18-9-8-15(23)10-16(18)24/h4-10,12,19H,3,11H2,1-2H3,(H,25,28). The van der Waals surface area contributed by atoms with Crippen LogP contribution < -0.4 is 10.3 Å². The Kier molecular flexibility index (Phi) is 7.23. The molecule has 1 aliphatic heterocycles. The largest absolute Gasteiger partial charge is 0.464 e. The molecule has 2 atom stereocenters. The lowest BCUT2D eigenvalue weighted by atomic mass is 10.0. The molecule has 6 nitrogen and oxygen atoms in total. The molecule has 9 heteroatoms. The van der Waals surface area contributed by atoms with E-state index in [4.69, 9.17) is 39.5 Å². The minimum absolute atomic E-state index is 0.238. The van der Waals surface area contributed by atoms with Gasteiger partial charge in [0.1, 0.15) is 11.8 Å². The summed E-state index contributed by atoms with van der Waals surface area (Å²) in [5, 5.41) is 10.3. The maximum atomic E-state index is 12.8. The molecule has 1 amide bonds. The number of rotatable bonds is 6. The molecule has 1 aliphatic rings. The number of amides is 1. The Morgan fingerprint density at radius 3 is 2.47 bits per heavy atom. The van der Waals surface area contributed by atoms with E-state index in [0.717, 1.165) is 5.56 Å². The number of carbonyl (C=O) groups is 2. The van der Waals surface area contributed by atoms with Gasteiger partial charge in [0, 0.05) is 16.5 Å². The number of esters is 1. The predicted octanol–water partition coefficient (Wildman–Crippen LogP) is 5.02. The second kappa shape index (κ2) is 9.69. The number of benzene rings is 2. The zero-order valence-electron chi connectivity index (χ0n) is 16.4. The summed E-state index contributed by atoms with van der Waals surface area (Å²) in [5.41, 5.74) is 1.80. The summed E-state index contributed by atoms with van der Waals surface area (Å²) < 4.78 is 4.94. The summed E-state index contributed by atoms with van der Waals surface area (Å²) in [6, 6.07) is 11.3. The van der Waals surface area contributed by atoms with Crippen LogP contribution in [0.25, 0.3) is 0 Å². The third-order valence-corrected chi connectivity index (χ3v) is 5.36. The number of halogens is 3. The second-order valence-electron chi connectivity index (χ2n) is 6.71. The summed E-state index contributed by atoms with van der Waals surface area (Å²) in [5.74, 6) is -0.946. The van der Waals surface area contributed by atoms with E-state index in [0.29, 0.717) is 27.2 Å². The zero-order valence-corrected chi connectivity index (χ0v) is 18.6. The van der Waals surface area contributed by atoms with Gasteiger partial charge in [0.15, 0.2) is 0 Å². The molecule has 3 rings (SSSR count). The van der Waals surface area contributed by atoms with Crippen LogP contribution >= 0.6 is 34.8 Å². The van der Waals surface area contributed by atoms with Crippen molar-refractivity contribution in [2.75, 3.05) is 11.6 Å². The van der Waals surface area contributed by atoms with E-state index in [1.807, 2.05) is 12.1 Å². The lowest BCUT2D eigenvalue weighted by Crippen LogP contribution is -2.42. The van der Waals surface area contributed by atoms with Gasteiger partial charge in [-0.25, -0.2) is 4.79 Å². The van der Waals surface area contributed by atoms with Gasteiger partial charge in [0.25, 0.3) is 5.91 Å². The number of nitrogens with one attached hydrogen (secondary N) is 1. The molecule has 0 saturated heterocycles. The molecule has 1 heterocycles. The van der Waals surface area contributed by atoms with E-state index in [9.17, 15) is 9.59 Å². The normalized spacial score (nSPS) is 16.8. The summed E-state index contributed by atoms with van der Waals surface area (Å²) in [4.78, 5) is 24.6. The molecule has 0 saturated carbocycles. The van der Waals surface area contributed by atoms with Gasteiger partial charge in [0.2, 0.25) is 0 Å². The van der Waals surface area contributed by atoms with Crippen molar-refractivity contribution in [1.29, 1.82) is 0 Å². The number of carbonyl (C=O) groups excluding carboxylic acids is 2. The first-order chi connectivity index (χ1) is 14.3. The van der Waals surface area contributed by atoms with Crippen molar-refractivity contribution in [1.82, 2.24) is 5.32 Å². The van der Waals surface area contributed by atoms with Gasteiger partial charge in [-0.05, 0) is 49.7 Å². The van der Waals surface area contributed by atoms with Crippen LogP contribution in [0.15, 0.2) is 47.6 Å². The quantitative estimate of drug-likeness (QED) is 0.604. The van der Waals surface area contributed by atoms with Crippen molar-refractivity contribution in [2.45, 2.75) is 32.4 Å². The molecule has 2 aromatic rings. The average Bonchev–Trinajstić information content (AvgIpc) is 3.14. The predicted molar refractivity (Wildman–Crippen MR) is 119 cm³/mol. The number of hydrazone groups is 1. The highest BCUT2D eigenvalue weighted by Gasteiger charge is 2.34. The number of nitrogens with zero attached hydrogens (tertiary/aromatic N) is 2. The lowest BCUT2D eigenvalue weighted by molar-refractivity contribution is -0.146. The van der Waals surface area contributed by atoms with Crippen molar-refractivity contribution < 1.29 is 14.3 Å². The molecule has 0 radical (unpaired) electrons. The summed E-state index contributed by atoms with van der Waals surface area (Å²) in [6.07, 6.45) is 0.321. The van der Waals surface area contributed by atoms with E-state index in [1.165, 1.54) is 0 Å². The highest BCUT2D eigenvalue weighted by molar-refractivity contribution is 6.40. The highest BCUT2D eigenvalue weighted by atomic mass is 35.5. The Hall–Kier alpha value is -2.28. The number of hydrogen-bond acceptors (Lipinski definition) is 5. The number of hydrogen-bond donors (Lipinski definition) is 1. The van der Waals surface area contributed by atoms with Crippen molar-refractivity contribution in [3.63, 3.8) is 0 Å². The van der Waals surface area contributed by atoms with Crippen LogP contribution in [-0.2, 0) is 14.3 Å². The smallest absolute Gasteiger partial charge is 0.328 e. The van der Waals surface area contributed by atoms with Crippen LogP contribution in [-0.4, -0.2) is 30.2 Å². The molecule has 2 unspecified atom stereocenters. The van der Waals surface area contributed by atoms with Gasteiger partial charge < -0.3 is 10.1 Å². The van der Waals surface area contributed by atoms with Crippen molar-refractivity contribution in [2.24, 2.45) is 5.10 Å². The topological polar surface area (TPSA) is 71.0 Å². The average molecular weight is 469 g/mol. The summed E-state index contributed by atoms with van der Waals surface area (Å²) >= 11 is 18.4. The van der Waals surface area contributed by atoms with Gasteiger partial charge in [-0.1, -0.05) is 46.9 Å². The van der Waals surface area contributed by atoms with Crippen molar-refractivity contribution >= 4 is 58.1 Å². The monoisotopic (exact) mass is 467 g/mol. The molecule has 0 bridgehead atoms. The minimum Gasteiger partial charge on any atom is -0.464 e. The Morgan fingerprint density at radius 1 is 1.17 bits per heavy atom. The van der Waals surface area contributed by atoms with Gasteiger partial charge in [0.05, 0.1) is 23.4 Å². The fourth-order valence-corrected chi connectivity index (χ4v) is 3.71.